The van der Waals surface area contributed by atoms with Gasteiger partial charge in [-0.15, -0.1) is 11.6 Å². The molecule has 0 aliphatic rings. The number of ether oxygens (including phenoxy) is 1. The Morgan fingerprint density at radius 3 is 2.41 bits per heavy atom. The fourth-order valence-electron chi connectivity index (χ4n) is 2.44. The van der Waals surface area contributed by atoms with E-state index in [4.69, 9.17) is 11.6 Å². The van der Waals surface area contributed by atoms with Crippen molar-refractivity contribution in [1.29, 1.82) is 0 Å². The Kier molecular flexibility index (Phi) is 16.5. The Bertz CT molecular complexity index is 277. The topological polar surface area (TPSA) is 26.3 Å². The number of carbonyl (C=O) groups is 1. The molecule has 3 heteroatoms. The molecule has 0 amide bonds. The minimum atomic E-state index is -0.0896. The lowest BCUT2D eigenvalue weighted by Crippen LogP contribution is -1.99. The molecule has 2 nitrogen and oxygen atoms in total. The van der Waals surface area contributed by atoms with E-state index in [2.05, 4.69) is 23.8 Å². The van der Waals surface area contributed by atoms with Crippen LogP contribution in [-0.4, -0.2) is 18.5 Å². The highest BCUT2D eigenvalue weighted by molar-refractivity contribution is 6.20. The van der Waals surface area contributed by atoms with Gasteiger partial charge in [0.1, 0.15) is 0 Å². The van der Waals surface area contributed by atoms with Crippen LogP contribution in [0.1, 0.15) is 90.4 Å². The van der Waals surface area contributed by atoms with Gasteiger partial charge >= 0.3 is 5.97 Å². The number of alkyl halides is 1. The van der Waals surface area contributed by atoms with Crippen LogP contribution in [0.5, 0.6) is 0 Å². The van der Waals surface area contributed by atoms with Crippen molar-refractivity contribution in [2.24, 2.45) is 0 Å². The van der Waals surface area contributed by atoms with E-state index >= 15 is 0 Å². The second-order valence-corrected chi connectivity index (χ2v) is 6.65. The second kappa shape index (κ2) is 16.9. The van der Waals surface area contributed by atoms with Crippen molar-refractivity contribution in [3.8, 4) is 0 Å². The number of rotatable bonds is 15. The van der Waals surface area contributed by atoms with Crippen molar-refractivity contribution in [2.75, 3.05) is 7.11 Å². The molecule has 0 bridgehead atoms. The van der Waals surface area contributed by atoms with E-state index in [9.17, 15) is 4.79 Å². The maximum Gasteiger partial charge on any atom is 0.305 e. The molecular formula is C19H35ClO2. The first-order chi connectivity index (χ1) is 10.7. The molecule has 0 heterocycles. The molecule has 130 valence electrons. The number of halogens is 1. The molecule has 0 aromatic carbocycles. The molecule has 1 unspecified atom stereocenters. The molecule has 0 aliphatic heterocycles. The van der Waals surface area contributed by atoms with Gasteiger partial charge in [-0.2, -0.15) is 0 Å². The first-order valence-electron chi connectivity index (χ1n) is 9.06. The summed E-state index contributed by atoms with van der Waals surface area (Å²) in [4.78, 5) is 10.9. The van der Waals surface area contributed by atoms with Gasteiger partial charge in [0.25, 0.3) is 0 Å². The maximum absolute atomic E-state index is 10.9. The van der Waals surface area contributed by atoms with Crippen LogP contribution < -0.4 is 0 Å². The summed E-state index contributed by atoms with van der Waals surface area (Å²) in [5, 5.41) is 0.312. The van der Waals surface area contributed by atoms with Crippen molar-refractivity contribution in [3.05, 3.63) is 12.2 Å². The summed E-state index contributed by atoms with van der Waals surface area (Å²) >= 11 is 6.31. The predicted octanol–water partition coefficient (Wildman–Crippen LogP) is 6.41. The van der Waals surface area contributed by atoms with Crippen LogP contribution in [0, 0.1) is 0 Å². The first kappa shape index (κ1) is 21.5. The van der Waals surface area contributed by atoms with Gasteiger partial charge in [0.05, 0.1) is 7.11 Å². The van der Waals surface area contributed by atoms with E-state index in [1.165, 1.54) is 52.1 Å². The maximum atomic E-state index is 10.9. The van der Waals surface area contributed by atoms with Gasteiger partial charge in [-0.25, -0.2) is 0 Å². The minimum Gasteiger partial charge on any atom is -0.469 e. The molecule has 0 aliphatic carbocycles. The number of carbonyl (C=O) groups excluding carboxylic acids is 1. The fourth-order valence-corrected chi connectivity index (χ4v) is 2.69. The van der Waals surface area contributed by atoms with Crippen LogP contribution in [0.3, 0.4) is 0 Å². The zero-order valence-corrected chi connectivity index (χ0v) is 15.4. The number of hydrogen-bond donors (Lipinski definition) is 0. The summed E-state index contributed by atoms with van der Waals surface area (Å²) < 4.78 is 4.62. The second-order valence-electron chi connectivity index (χ2n) is 6.04. The molecule has 0 spiro atoms. The number of esters is 1. The van der Waals surface area contributed by atoms with E-state index in [1.807, 2.05) is 0 Å². The van der Waals surface area contributed by atoms with E-state index in [1.54, 1.807) is 0 Å². The molecule has 0 saturated heterocycles. The average molecular weight is 331 g/mol. The Morgan fingerprint density at radius 1 is 1.00 bits per heavy atom. The van der Waals surface area contributed by atoms with Crippen molar-refractivity contribution in [2.45, 2.75) is 95.8 Å². The first-order valence-corrected chi connectivity index (χ1v) is 9.50. The Hall–Kier alpha value is -0.500. The lowest BCUT2D eigenvalue weighted by atomic mass is 10.1. The normalized spacial score (nSPS) is 12.7. The number of methoxy groups -OCH3 is 1. The number of allylic oxidation sites excluding steroid dienone is 2. The van der Waals surface area contributed by atoms with E-state index in [0.29, 0.717) is 11.8 Å². The SMILES string of the molecule is CCCCCCC(Cl)C/C=C\CCCCCCCC(=O)OC. The number of hydrogen-bond acceptors (Lipinski definition) is 2. The van der Waals surface area contributed by atoms with Gasteiger partial charge in [-0.1, -0.05) is 64.0 Å². The lowest BCUT2D eigenvalue weighted by Gasteiger charge is -2.05. The molecule has 1 atom stereocenters. The third-order valence-corrected chi connectivity index (χ3v) is 4.31. The van der Waals surface area contributed by atoms with Crippen LogP contribution in [-0.2, 0) is 9.53 Å². The van der Waals surface area contributed by atoms with Gasteiger partial charge in [-0.3, -0.25) is 4.79 Å². The lowest BCUT2D eigenvalue weighted by molar-refractivity contribution is -0.140. The van der Waals surface area contributed by atoms with Crippen LogP contribution in [0.4, 0.5) is 0 Å². The molecular weight excluding hydrogens is 296 g/mol. The largest absolute Gasteiger partial charge is 0.469 e. The standard InChI is InChI=1S/C19H35ClO2/c1-3-4-5-12-15-18(20)16-13-10-8-6-7-9-11-14-17-19(21)22-2/h10,13,18H,3-9,11-12,14-17H2,1-2H3/b13-10-. The quantitative estimate of drug-likeness (QED) is 0.150. The molecule has 0 fully saturated rings. The fraction of sp³-hybridized carbons (Fsp3) is 0.842. The van der Waals surface area contributed by atoms with Crippen LogP contribution in [0.2, 0.25) is 0 Å². The highest BCUT2D eigenvalue weighted by Crippen LogP contribution is 2.14. The molecule has 0 radical (unpaired) electrons. The van der Waals surface area contributed by atoms with E-state index in [-0.39, 0.29) is 5.97 Å². The molecule has 0 aromatic heterocycles. The van der Waals surface area contributed by atoms with Crippen molar-refractivity contribution in [1.82, 2.24) is 0 Å². The zero-order chi connectivity index (χ0) is 16.5. The smallest absolute Gasteiger partial charge is 0.305 e. The van der Waals surface area contributed by atoms with Crippen LogP contribution in [0.15, 0.2) is 12.2 Å². The molecule has 0 N–H and O–H groups in total. The monoisotopic (exact) mass is 330 g/mol. The molecule has 22 heavy (non-hydrogen) atoms. The summed E-state index contributed by atoms with van der Waals surface area (Å²) in [6, 6.07) is 0. The van der Waals surface area contributed by atoms with Crippen LogP contribution >= 0.6 is 11.6 Å². The summed E-state index contributed by atoms with van der Waals surface area (Å²) in [6.45, 7) is 2.24. The number of unbranched alkanes of at least 4 members (excludes halogenated alkanes) is 8. The van der Waals surface area contributed by atoms with Crippen molar-refractivity contribution in [3.63, 3.8) is 0 Å². The molecule has 0 aromatic rings. The molecule has 0 saturated carbocycles. The van der Waals surface area contributed by atoms with Gasteiger partial charge in [0.15, 0.2) is 0 Å². The minimum absolute atomic E-state index is 0.0896. The van der Waals surface area contributed by atoms with E-state index in [0.717, 1.165) is 32.1 Å². The van der Waals surface area contributed by atoms with E-state index < -0.39 is 0 Å². The van der Waals surface area contributed by atoms with Gasteiger partial charge in [-0.05, 0) is 32.1 Å². The van der Waals surface area contributed by atoms with Gasteiger partial charge in [0.2, 0.25) is 0 Å². The summed E-state index contributed by atoms with van der Waals surface area (Å²) in [5.74, 6) is -0.0896. The van der Waals surface area contributed by atoms with Crippen molar-refractivity contribution >= 4 is 17.6 Å². The summed E-state index contributed by atoms with van der Waals surface area (Å²) in [6.07, 6.45) is 19.3. The summed E-state index contributed by atoms with van der Waals surface area (Å²) in [7, 11) is 1.45. The Labute approximate surface area is 142 Å². The molecule has 0 rings (SSSR count). The highest BCUT2D eigenvalue weighted by atomic mass is 35.5. The summed E-state index contributed by atoms with van der Waals surface area (Å²) in [5.41, 5.74) is 0. The average Bonchev–Trinajstić information content (AvgIpc) is 2.53. The predicted molar refractivity (Wildman–Crippen MR) is 96.5 cm³/mol. The Balaban J connectivity index is 3.28. The zero-order valence-electron chi connectivity index (χ0n) is 14.6. The third-order valence-electron chi connectivity index (χ3n) is 3.91. The van der Waals surface area contributed by atoms with Gasteiger partial charge < -0.3 is 4.74 Å². The highest BCUT2D eigenvalue weighted by Gasteiger charge is 2.01. The van der Waals surface area contributed by atoms with Crippen molar-refractivity contribution < 1.29 is 9.53 Å². The third kappa shape index (κ3) is 15.9. The van der Waals surface area contributed by atoms with Gasteiger partial charge in [0, 0.05) is 11.8 Å². The Morgan fingerprint density at radius 2 is 1.68 bits per heavy atom. The van der Waals surface area contributed by atoms with Crippen LogP contribution in [0.25, 0.3) is 0 Å².